The molecule has 1 atom stereocenters. The summed E-state index contributed by atoms with van der Waals surface area (Å²) in [5, 5.41) is 11.9. The predicted octanol–water partition coefficient (Wildman–Crippen LogP) is 2.11. The number of aliphatic carboxylic acids is 1. The van der Waals surface area contributed by atoms with Crippen molar-refractivity contribution >= 4 is 27.8 Å². The molecular weight excluding hydrogens is 470 g/mol. The third kappa shape index (κ3) is 6.26. The summed E-state index contributed by atoms with van der Waals surface area (Å²) >= 11 is 0. The van der Waals surface area contributed by atoms with Gasteiger partial charge in [-0.3, -0.25) is 9.59 Å². The van der Waals surface area contributed by atoms with Crippen LogP contribution < -0.4 is 5.32 Å². The Morgan fingerprint density at radius 1 is 0.943 bits per heavy atom. The molecule has 2 aromatic rings. The molecule has 0 unspecified atom stereocenters. The van der Waals surface area contributed by atoms with Gasteiger partial charge in [-0.15, -0.1) is 0 Å². The van der Waals surface area contributed by atoms with Crippen LogP contribution in [0.4, 0.5) is 0 Å². The van der Waals surface area contributed by atoms with Crippen molar-refractivity contribution in [2.24, 2.45) is 0 Å². The number of carbonyl (C=O) groups is 3. The molecule has 0 bridgehead atoms. The Hall–Kier alpha value is -3.24. The van der Waals surface area contributed by atoms with Crippen LogP contribution in [-0.2, 0) is 19.6 Å². The standard InChI is InChI=1S/C25H31N3O6S/c1-17-15-19(3)22(16-18(17)2)35(33,34)28-13-11-27(12-14-28)23(29)10-9-21(25(31)32)26-24(30)20-7-5-4-6-8-20/h4-8,15-16,21H,9-14H2,1-3H3,(H,26,30)(H,31,32)/t21-/m0/s1. The minimum absolute atomic E-state index is 0.0624. The van der Waals surface area contributed by atoms with Gasteiger partial charge in [-0.1, -0.05) is 24.3 Å². The highest BCUT2D eigenvalue weighted by Crippen LogP contribution is 2.24. The maximum atomic E-state index is 13.2. The Kier molecular flexibility index (Phi) is 8.29. The van der Waals surface area contributed by atoms with Crippen LogP contribution >= 0.6 is 0 Å². The SMILES string of the molecule is Cc1cc(C)c(S(=O)(=O)N2CCN(C(=O)CC[C@H](NC(=O)c3ccccc3)C(=O)O)CC2)cc1C. The third-order valence-corrected chi connectivity index (χ3v) is 8.33. The van der Waals surface area contributed by atoms with Gasteiger partial charge >= 0.3 is 5.97 Å². The Bertz CT molecular complexity index is 1210. The topological polar surface area (TPSA) is 124 Å². The summed E-state index contributed by atoms with van der Waals surface area (Å²) < 4.78 is 27.7. The minimum Gasteiger partial charge on any atom is -0.480 e. The number of nitrogens with one attached hydrogen (secondary N) is 1. The number of nitrogens with zero attached hydrogens (tertiary/aromatic N) is 2. The van der Waals surface area contributed by atoms with Gasteiger partial charge in [0.1, 0.15) is 6.04 Å². The molecule has 9 nitrogen and oxygen atoms in total. The molecule has 1 aliphatic heterocycles. The molecule has 2 N–H and O–H groups in total. The van der Waals surface area contributed by atoms with Gasteiger partial charge < -0.3 is 15.3 Å². The number of hydrogen-bond acceptors (Lipinski definition) is 5. The van der Waals surface area contributed by atoms with Crippen LogP contribution in [-0.4, -0.2) is 72.7 Å². The number of piperazine rings is 1. The maximum absolute atomic E-state index is 13.2. The molecule has 35 heavy (non-hydrogen) atoms. The first-order valence-electron chi connectivity index (χ1n) is 11.4. The number of rotatable bonds is 8. The van der Waals surface area contributed by atoms with Crippen LogP contribution in [0.5, 0.6) is 0 Å². The van der Waals surface area contributed by atoms with Crippen molar-refractivity contribution in [2.45, 2.75) is 44.6 Å². The fraction of sp³-hybridized carbons (Fsp3) is 0.400. The summed E-state index contributed by atoms with van der Waals surface area (Å²) in [7, 11) is -3.69. The van der Waals surface area contributed by atoms with Gasteiger partial charge in [0.15, 0.2) is 0 Å². The number of benzene rings is 2. The molecular formula is C25H31N3O6S. The molecule has 0 aromatic heterocycles. The lowest BCUT2D eigenvalue weighted by Crippen LogP contribution is -2.51. The Morgan fingerprint density at radius 3 is 2.14 bits per heavy atom. The van der Waals surface area contributed by atoms with E-state index in [2.05, 4.69) is 5.32 Å². The number of aryl methyl sites for hydroxylation is 3. The van der Waals surface area contributed by atoms with Crippen molar-refractivity contribution in [2.75, 3.05) is 26.2 Å². The van der Waals surface area contributed by atoms with Crippen LogP contribution in [0.1, 0.15) is 39.9 Å². The second-order valence-electron chi connectivity index (χ2n) is 8.76. The average Bonchev–Trinajstić information content (AvgIpc) is 2.84. The average molecular weight is 502 g/mol. The maximum Gasteiger partial charge on any atom is 0.326 e. The zero-order chi connectivity index (χ0) is 25.8. The van der Waals surface area contributed by atoms with E-state index in [9.17, 15) is 27.9 Å². The summed E-state index contributed by atoms with van der Waals surface area (Å²) in [5.41, 5.74) is 2.94. The van der Waals surface area contributed by atoms with Crippen molar-refractivity contribution in [1.29, 1.82) is 0 Å². The fourth-order valence-corrected chi connectivity index (χ4v) is 5.76. The highest BCUT2D eigenvalue weighted by atomic mass is 32.2. The zero-order valence-corrected chi connectivity index (χ0v) is 21.0. The monoisotopic (exact) mass is 501 g/mol. The highest BCUT2D eigenvalue weighted by molar-refractivity contribution is 7.89. The Morgan fingerprint density at radius 2 is 1.54 bits per heavy atom. The van der Waals surface area contributed by atoms with Crippen LogP contribution in [0.2, 0.25) is 0 Å². The number of amides is 2. The van der Waals surface area contributed by atoms with Crippen molar-refractivity contribution in [3.05, 3.63) is 64.7 Å². The number of hydrogen-bond donors (Lipinski definition) is 2. The summed E-state index contributed by atoms with van der Waals surface area (Å²) in [6.07, 6.45) is -0.137. The summed E-state index contributed by atoms with van der Waals surface area (Å²) in [4.78, 5) is 38.4. The second-order valence-corrected chi connectivity index (χ2v) is 10.7. The summed E-state index contributed by atoms with van der Waals surface area (Å²) in [6, 6.07) is 10.6. The van der Waals surface area contributed by atoms with Crippen molar-refractivity contribution in [3.8, 4) is 0 Å². The molecule has 0 saturated carbocycles. The van der Waals surface area contributed by atoms with E-state index in [0.717, 1.165) is 11.1 Å². The van der Waals surface area contributed by atoms with Gasteiger partial charge in [-0.2, -0.15) is 4.31 Å². The normalized spacial score (nSPS) is 15.5. The number of sulfonamides is 1. The molecule has 0 spiro atoms. The molecule has 1 heterocycles. The molecule has 2 aromatic carbocycles. The van der Waals surface area contributed by atoms with E-state index in [-0.39, 0.29) is 49.8 Å². The smallest absolute Gasteiger partial charge is 0.326 e. The van der Waals surface area contributed by atoms with E-state index in [1.165, 1.54) is 9.21 Å². The largest absolute Gasteiger partial charge is 0.480 e. The molecule has 0 radical (unpaired) electrons. The number of carbonyl (C=O) groups excluding carboxylic acids is 2. The Balaban J connectivity index is 1.56. The van der Waals surface area contributed by atoms with Crippen molar-refractivity contribution < 1.29 is 27.9 Å². The molecule has 1 aliphatic rings. The molecule has 188 valence electrons. The quantitative estimate of drug-likeness (QED) is 0.571. The summed E-state index contributed by atoms with van der Waals surface area (Å²) in [5.74, 6) is -2.02. The molecule has 1 saturated heterocycles. The van der Waals surface area contributed by atoms with E-state index in [0.29, 0.717) is 11.1 Å². The van der Waals surface area contributed by atoms with E-state index < -0.39 is 27.9 Å². The van der Waals surface area contributed by atoms with Crippen LogP contribution in [0.15, 0.2) is 47.4 Å². The summed E-state index contributed by atoms with van der Waals surface area (Å²) in [6.45, 7) is 6.34. The first-order valence-corrected chi connectivity index (χ1v) is 12.9. The van der Waals surface area contributed by atoms with E-state index in [1.807, 2.05) is 19.9 Å². The number of carboxylic acid groups (broad SMARTS) is 1. The Labute approximate surface area is 205 Å². The number of carboxylic acids is 1. The van der Waals surface area contributed by atoms with Crippen LogP contribution in [0, 0.1) is 20.8 Å². The lowest BCUT2D eigenvalue weighted by Gasteiger charge is -2.34. The highest BCUT2D eigenvalue weighted by Gasteiger charge is 2.32. The first kappa shape index (κ1) is 26.4. The fourth-order valence-electron chi connectivity index (χ4n) is 4.04. The van der Waals surface area contributed by atoms with Gasteiger partial charge in [-0.05, 0) is 62.1 Å². The predicted molar refractivity (Wildman–Crippen MR) is 131 cm³/mol. The van der Waals surface area contributed by atoms with Gasteiger partial charge in [0.05, 0.1) is 4.90 Å². The molecule has 1 fully saturated rings. The third-order valence-electron chi connectivity index (χ3n) is 6.29. The molecule has 10 heteroatoms. The van der Waals surface area contributed by atoms with E-state index in [1.54, 1.807) is 43.3 Å². The molecule has 3 rings (SSSR count). The van der Waals surface area contributed by atoms with Gasteiger partial charge in [0.25, 0.3) is 5.91 Å². The van der Waals surface area contributed by atoms with Crippen molar-refractivity contribution in [3.63, 3.8) is 0 Å². The van der Waals surface area contributed by atoms with Crippen LogP contribution in [0.3, 0.4) is 0 Å². The van der Waals surface area contributed by atoms with E-state index in [4.69, 9.17) is 0 Å². The van der Waals surface area contributed by atoms with E-state index >= 15 is 0 Å². The van der Waals surface area contributed by atoms with Crippen LogP contribution in [0.25, 0.3) is 0 Å². The van der Waals surface area contributed by atoms with Gasteiger partial charge in [0.2, 0.25) is 15.9 Å². The molecule has 2 amide bonds. The molecule has 0 aliphatic carbocycles. The first-order chi connectivity index (χ1) is 16.5. The van der Waals surface area contributed by atoms with Gasteiger partial charge in [-0.25, -0.2) is 13.2 Å². The lowest BCUT2D eigenvalue weighted by molar-refractivity contribution is -0.139. The second kappa shape index (κ2) is 11.0. The minimum atomic E-state index is -3.69. The van der Waals surface area contributed by atoms with Gasteiger partial charge in [0, 0.05) is 38.2 Å². The van der Waals surface area contributed by atoms with Crippen molar-refractivity contribution in [1.82, 2.24) is 14.5 Å². The zero-order valence-electron chi connectivity index (χ0n) is 20.2. The lowest BCUT2D eigenvalue weighted by atomic mass is 10.1.